The Hall–Kier alpha value is -3.12. The molecule has 0 saturated heterocycles. The second-order valence-electron chi connectivity index (χ2n) is 5.88. The highest BCUT2D eigenvalue weighted by Gasteiger charge is 2.41. The highest BCUT2D eigenvalue weighted by atomic mass is 16.5. The minimum absolute atomic E-state index is 0.122. The summed E-state index contributed by atoms with van der Waals surface area (Å²) in [5.74, 6) is -0.120. The lowest BCUT2D eigenvalue weighted by atomic mass is 10.0. The molecule has 0 aromatic heterocycles. The number of para-hydroxylation sites is 1. The average Bonchev–Trinajstić information content (AvgIpc) is 2.93. The van der Waals surface area contributed by atoms with Crippen molar-refractivity contribution in [1.82, 2.24) is 4.90 Å². The number of anilines is 1. The zero-order valence-electron chi connectivity index (χ0n) is 14.7. The van der Waals surface area contributed by atoms with Crippen molar-refractivity contribution in [3.05, 3.63) is 65.9 Å². The lowest BCUT2D eigenvalue weighted by molar-refractivity contribution is -0.120. The predicted octanol–water partition coefficient (Wildman–Crippen LogP) is 1.90. The second-order valence-corrected chi connectivity index (χ2v) is 5.88. The maximum absolute atomic E-state index is 13.1. The Morgan fingerprint density at radius 3 is 2.23 bits per heavy atom. The van der Waals surface area contributed by atoms with E-state index in [1.165, 1.54) is 4.90 Å². The molecule has 0 unspecified atom stereocenters. The van der Waals surface area contributed by atoms with Crippen molar-refractivity contribution in [3.8, 4) is 5.75 Å². The molecule has 1 aliphatic heterocycles. The number of hydrogen-bond donors (Lipinski definition) is 1. The van der Waals surface area contributed by atoms with E-state index in [1.54, 1.807) is 67.6 Å². The Labute approximate surface area is 151 Å². The number of benzene rings is 2. The van der Waals surface area contributed by atoms with Crippen molar-refractivity contribution in [2.45, 2.75) is 0 Å². The number of nitrogens with zero attached hydrogens (tertiary/aromatic N) is 2. The van der Waals surface area contributed by atoms with Gasteiger partial charge in [-0.15, -0.1) is 0 Å². The molecule has 0 saturated carbocycles. The number of ether oxygens (including phenoxy) is 1. The SMILES string of the molecule is COc1ccc(C2=C(N(C)CCO)C(=O)N(c3ccccc3)C2=O)cc1. The number of aliphatic hydroxyl groups excluding tert-OH is 1. The fourth-order valence-electron chi connectivity index (χ4n) is 2.96. The van der Waals surface area contributed by atoms with E-state index in [-0.39, 0.29) is 24.8 Å². The lowest BCUT2D eigenvalue weighted by Gasteiger charge is -2.20. The van der Waals surface area contributed by atoms with Crippen molar-refractivity contribution < 1.29 is 19.4 Å². The van der Waals surface area contributed by atoms with Crippen LogP contribution in [0.4, 0.5) is 5.69 Å². The third kappa shape index (κ3) is 3.07. The molecule has 2 aromatic rings. The molecular formula is C20H20N2O4. The fourth-order valence-corrected chi connectivity index (χ4v) is 2.96. The van der Waals surface area contributed by atoms with Crippen LogP contribution in [0.2, 0.25) is 0 Å². The van der Waals surface area contributed by atoms with Crippen LogP contribution in [0.25, 0.3) is 5.57 Å². The molecule has 2 aromatic carbocycles. The van der Waals surface area contributed by atoms with E-state index in [1.807, 2.05) is 6.07 Å². The highest BCUT2D eigenvalue weighted by molar-refractivity contribution is 6.45. The lowest BCUT2D eigenvalue weighted by Crippen LogP contribution is -2.34. The molecule has 0 aliphatic carbocycles. The molecule has 3 rings (SSSR count). The van der Waals surface area contributed by atoms with Crippen LogP contribution in [0.1, 0.15) is 5.56 Å². The standard InChI is InChI=1S/C20H20N2O4/c1-21(12-13-23)18-17(14-8-10-16(26-2)11-9-14)19(24)22(20(18)25)15-6-4-3-5-7-15/h3-11,23H,12-13H2,1-2H3. The summed E-state index contributed by atoms with van der Waals surface area (Å²) in [6.45, 7) is 0.124. The average molecular weight is 352 g/mol. The van der Waals surface area contributed by atoms with Gasteiger partial charge in [0.25, 0.3) is 11.8 Å². The normalized spacial score (nSPS) is 14.2. The van der Waals surface area contributed by atoms with Gasteiger partial charge in [-0.25, -0.2) is 4.90 Å². The first-order valence-corrected chi connectivity index (χ1v) is 8.23. The highest BCUT2D eigenvalue weighted by Crippen LogP contribution is 2.34. The summed E-state index contributed by atoms with van der Waals surface area (Å²) < 4.78 is 5.16. The number of amides is 2. The largest absolute Gasteiger partial charge is 0.497 e. The van der Waals surface area contributed by atoms with E-state index in [4.69, 9.17) is 4.74 Å². The number of aliphatic hydroxyl groups is 1. The van der Waals surface area contributed by atoms with Crippen molar-refractivity contribution in [3.63, 3.8) is 0 Å². The van der Waals surface area contributed by atoms with Crippen molar-refractivity contribution in [1.29, 1.82) is 0 Å². The number of methoxy groups -OCH3 is 1. The third-order valence-corrected chi connectivity index (χ3v) is 4.27. The van der Waals surface area contributed by atoms with E-state index >= 15 is 0 Å². The van der Waals surface area contributed by atoms with Crippen molar-refractivity contribution in [2.24, 2.45) is 0 Å². The molecule has 26 heavy (non-hydrogen) atoms. The number of hydrogen-bond acceptors (Lipinski definition) is 5. The number of rotatable bonds is 6. The van der Waals surface area contributed by atoms with Gasteiger partial charge in [0.15, 0.2) is 0 Å². The summed E-state index contributed by atoms with van der Waals surface area (Å²) in [6, 6.07) is 15.8. The van der Waals surface area contributed by atoms with E-state index in [2.05, 4.69) is 0 Å². The van der Waals surface area contributed by atoms with Gasteiger partial charge in [0.05, 0.1) is 25.0 Å². The fraction of sp³-hybridized carbons (Fsp3) is 0.200. The molecule has 6 nitrogen and oxygen atoms in total. The maximum atomic E-state index is 13.1. The Bertz CT molecular complexity index is 844. The number of likely N-dealkylation sites (N-methyl/N-ethyl adjacent to an activating group) is 1. The van der Waals surface area contributed by atoms with Crippen LogP contribution in [0, 0.1) is 0 Å². The van der Waals surface area contributed by atoms with Gasteiger partial charge in [0.1, 0.15) is 11.4 Å². The number of carbonyl (C=O) groups is 2. The molecular weight excluding hydrogens is 332 g/mol. The maximum Gasteiger partial charge on any atom is 0.282 e. The first-order valence-electron chi connectivity index (χ1n) is 8.23. The summed E-state index contributed by atoms with van der Waals surface area (Å²) in [4.78, 5) is 28.9. The predicted molar refractivity (Wildman–Crippen MR) is 98.6 cm³/mol. The molecule has 0 radical (unpaired) electrons. The van der Waals surface area contributed by atoms with Gasteiger partial charge < -0.3 is 14.7 Å². The van der Waals surface area contributed by atoms with Gasteiger partial charge in [0.2, 0.25) is 0 Å². The van der Waals surface area contributed by atoms with Gasteiger partial charge >= 0.3 is 0 Å². The summed E-state index contributed by atoms with van der Waals surface area (Å²) in [5.41, 5.74) is 1.74. The third-order valence-electron chi connectivity index (χ3n) is 4.27. The zero-order valence-corrected chi connectivity index (χ0v) is 14.7. The Morgan fingerprint density at radius 1 is 1.00 bits per heavy atom. The summed E-state index contributed by atoms with van der Waals surface area (Å²) in [6.07, 6.45) is 0. The Kier molecular flexibility index (Phi) is 5.04. The van der Waals surface area contributed by atoms with Gasteiger partial charge in [-0.05, 0) is 29.8 Å². The van der Waals surface area contributed by atoms with Gasteiger partial charge in [0, 0.05) is 13.6 Å². The van der Waals surface area contributed by atoms with Crippen LogP contribution in [0.5, 0.6) is 5.75 Å². The van der Waals surface area contributed by atoms with E-state index in [0.29, 0.717) is 22.6 Å². The van der Waals surface area contributed by atoms with Crippen LogP contribution in [-0.4, -0.2) is 49.1 Å². The Morgan fingerprint density at radius 2 is 1.65 bits per heavy atom. The minimum Gasteiger partial charge on any atom is -0.497 e. The second kappa shape index (κ2) is 7.41. The van der Waals surface area contributed by atoms with Crippen LogP contribution >= 0.6 is 0 Å². The van der Waals surface area contributed by atoms with E-state index < -0.39 is 5.91 Å². The molecule has 0 fully saturated rings. The first-order chi connectivity index (χ1) is 12.6. The summed E-state index contributed by atoms with van der Waals surface area (Å²) >= 11 is 0. The van der Waals surface area contributed by atoms with Gasteiger partial charge in [-0.2, -0.15) is 0 Å². The molecule has 6 heteroatoms. The van der Waals surface area contributed by atoms with Gasteiger partial charge in [-0.1, -0.05) is 30.3 Å². The van der Waals surface area contributed by atoms with Crippen LogP contribution in [0.15, 0.2) is 60.3 Å². The molecule has 0 spiro atoms. The van der Waals surface area contributed by atoms with E-state index in [0.717, 1.165) is 0 Å². The molecule has 0 atom stereocenters. The number of imide groups is 1. The first kappa shape index (κ1) is 17.7. The van der Waals surface area contributed by atoms with Crippen molar-refractivity contribution in [2.75, 3.05) is 32.2 Å². The molecule has 0 bridgehead atoms. The smallest absolute Gasteiger partial charge is 0.282 e. The zero-order chi connectivity index (χ0) is 18.7. The summed E-state index contributed by atoms with van der Waals surface area (Å²) in [7, 11) is 3.25. The van der Waals surface area contributed by atoms with Crippen LogP contribution in [-0.2, 0) is 9.59 Å². The quantitative estimate of drug-likeness (QED) is 0.804. The van der Waals surface area contributed by atoms with Crippen LogP contribution in [0.3, 0.4) is 0 Å². The number of carbonyl (C=O) groups excluding carboxylic acids is 2. The Balaban J connectivity index is 2.10. The van der Waals surface area contributed by atoms with Crippen molar-refractivity contribution >= 4 is 23.1 Å². The monoisotopic (exact) mass is 352 g/mol. The minimum atomic E-state index is -0.400. The molecule has 1 heterocycles. The molecule has 1 aliphatic rings. The molecule has 2 amide bonds. The van der Waals surface area contributed by atoms with Crippen LogP contribution < -0.4 is 9.64 Å². The van der Waals surface area contributed by atoms with Gasteiger partial charge in [-0.3, -0.25) is 9.59 Å². The van der Waals surface area contributed by atoms with E-state index in [9.17, 15) is 14.7 Å². The topological polar surface area (TPSA) is 70.1 Å². The summed E-state index contributed by atoms with van der Waals surface area (Å²) in [5, 5.41) is 9.27. The molecule has 1 N–H and O–H groups in total. The molecule has 134 valence electrons.